The summed E-state index contributed by atoms with van der Waals surface area (Å²) in [4.78, 5) is 4.25. The molecular weight excluding hydrogens is 268 g/mol. The van der Waals surface area contributed by atoms with Crippen LogP contribution in [0.25, 0.3) is 0 Å². The largest absolute Gasteiger partial charge is 0.376 e. The summed E-state index contributed by atoms with van der Waals surface area (Å²) in [5.41, 5.74) is 2.17. The third-order valence-electron chi connectivity index (χ3n) is 3.78. The van der Waals surface area contributed by atoms with Crippen molar-refractivity contribution in [2.24, 2.45) is 4.99 Å². The molecule has 0 amide bonds. The lowest BCUT2D eigenvalue weighted by Gasteiger charge is -2.15. The first-order valence-corrected chi connectivity index (χ1v) is 7.80. The van der Waals surface area contributed by atoms with Crippen LogP contribution in [0.15, 0.2) is 9.52 Å². The lowest BCUT2D eigenvalue weighted by Crippen LogP contribution is -2.40. The van der Waals surface area contributed by atoms with E-state index in [0.29, 0.717) is 12.6 Å². The van der Waals surface area contributed by atoms with E-state index in [-0.39, 0.29) is 0 Å². The molecule has 6 nitrogen and oxygen atoms in total. The van der Waals surface area contributed by atoms with E-state index in [9.17, 15) is 0 Å². The van der Waals surface area contributed by atoms with Gasteiger partial charge in [0.2, 0.25) is 0 Å². The molecule has 118 valence electrons. The highest BCUT2D eigenvalue weighted by molar-refractivity contribution is 5.79. The van der Waals surface area contributed by atoms with E-state index in [1.807, 2.05) is 0 Å². The topological polar surface area (TPSA) is 71.7 Å². The molecule has 6 heteroatoms. The van der Waals surface area contributed by atoms with E-state index in [1.165, 1.54) is 0 Å². The molecule has 0 radical (unpaired) electrons. The monoisotopic (exact) mass is 294 g/mol. The number of guanidine groups is 1. The number of nitrogens with zero attached hydrogens (tertiary/aromatic N) is 2. The molecule has 0 aromatic carbocycles. The van der Waals surface area contributed by atoms with Crippen LogP contribution in [0.1, 0.15) is 43.7 Å². The molecule has 21 heavy (non-hydrogen) atoms. The summed E-state index contributed by atoms with van der Waals surface area (Å²) < 4.78 is 11.0. The zero-order valence-corrected chi connectivity index (χ0v) is 13.2. The Morgan fingerprint density at radius 2 is 2.19 bits per heavy atom. The van der Waals surface area contributed by atoms with Crippen molar-refractivity contribution in [2.45, 2.75) is 52.2 Å². The SMILES string of the molecule is CCc1noc(CC)c1CNC(=NC)NCC1CCCO1. The molecule has 1 aliphatic heterocycles. The van der Waals surface area contributed by atoms with Crippen molar-refractivity contribution in [3.05, 3.63) is 17.0 Å². The van der Waals surface area contributed by atoms with Crippen LogP contribution >= 0.6 is 0 Å². The minimum atomic E-state index is 0.302. The lowest BCUT2D eigenvalue weighted by atomic mass is 10.1. The van der Waals surface area contributed by atoms with Crippen molar-refractivity contribution in [1.82, 2.24) is 15.8 Å². The normalized spacial score (nSPS) is 19.0. The molecule has 2 rings (SSSR count). The Bertz CT molecular complexity index is 443. The van der Waals surface area contributed by atoms with Crippen molar-refractivity contribution in [2.75, 3.05) is 20.2 Å². The van der Waals surface area contributed by atoms with Gasteiger partial charge in [0.25, 0.3) is 0 Å². The summed E-state index contributed by atoms with van der Waals surface area (Å²) in [6.07, 6.45) is 4.31. The maximum atomic E-state index is 5.60. The van der Waals surface area contributed by atoms with Crippen LogP contribution in [0.2, 0.25) is 0 Å². The van der Waals surface area contributed by atoms with Gasteiger partial charge in [0.15, 0.2) is 5.96 Å². The van der Waals surface area contributed by atoms with Gasteiger partial charge in [-0.3, -0.25) is 4.99 Å². The number of hydrogen-bond acceptors (Lipinski definition) is 4. The number of hydrogen-bond donors (Lipinski definition) is 2. The average Bonchev–Trinajstić information content (AvgIpc) is 3.16. The summed E-state index contributed by atoms with van der Waals surface area (Å²) in [6, 6.07) is 0. The molecule has 1 fully saturated rings. The van der Waals surface area contributed by atoms with E-state index in [2.05, 4.69) is 34.6 Å². The Labute approximate surface area is 126 Å². The number of nitrogens with one attached hydrogen (secondary N) is 2. The van der Waals surface area contributed by atoms with Crippen LogP contribution in [-0.2, 0) is 24.1 Å². The molecular formula is C15H26N4O2. The highest BCUT2D eigenvalue weighted by atomic mass is 16.5. The Morgan fingerprint density at radius 1 is 1.33 bits per heavy atom. The maximum Gasteiger partial charge on any atom is 0.191 e. The predicted molar refractivity (Wildman–Crippen MR) is 82.4 cm³/mol. The molecule has 1 unspecified atom stereocenters. The maximum absolute atomic E-state index is 5.60. The van der Waals surface area contributed by atoms with Gasteiger partial charge in [-0.2, -0.15) is 0 Å². The number of aryl methyl sites for hydroxylation is 2. The zero-order chi connectivity index (χ0) is 15.1. The van der Waals surface area contributed by atoms with Gasteiger partial charge in [-0.25, -0.2) is 0 Å². The van der Waals surface area contributed by atoms with Crippen LogP contribution < -0.4 is 10.6 Å². The number of aromatic nitrogens is 1. The Kier molecular flexibility index (Phi) is 6.04. The van der Waals surface area contributed by atoms with Crippen LogP contribution in [0.5, 0.6) is 0 Å². The van der Waals surface area contributed by atoms with Crippen LogP contribution in [-0.4, -0.2) is 37.4 Å². The fraction of sp³-hybridized carbons (Fsp3) is 0.733. The van der Waals surface area contributed by atoms with Gasteiger partial charge in [0.1, 0.15) is 5.76 Å². The Balaban J connectivity index is 1.86. The highest BCUT2D eigenvalue weighted by Crippen LogP contribution is 2.15. The average molecular weight is 294 g/mol. The van der Waals surface area contributed by atoms with Gasteiger partial charge in [0, 0.05) is 38.7 Å². The van der Waals surface area contributed by atoms with Gasteiger partial charge in [-0.15, -0.1) is 0 Å². The second kappa shape index (κ2) is 8.02. The van der Waals surface area contributed by atoms with Crippen LogP contribution in [0, 0.1) is 0 Å². The first kappa shape index (κ1) is 15.8. The summed E-state index contributed by atoms with van der Waals surface area (Å²) >= 11 is 0. The van der Waals surface area contributed by atoms with E-state index < -0.39 is 0 Å². The number of rotatable bonds is 6. The molecule has 0 aliphatic carbocycles. The number of ether oxygens (including phenoxy) is 1. The minimum Gasteiger partial charge on any atom is -0.376 e. The van der Waals surface area contributed by atoms with E-state index >= 15 is 0 Å². The fourth-order valence-electron chi connectivity index (χ4n) is 2.55. The van der Waals surface area contributed by atoms with Gasteiger partial charge >= 0.3 is 0 Å². The van der Waals surface area contributed by atoms with Crippen molar-refractivity contribution >= 4 is 5.96 Å². The molecule has 2 heterocycles. The zero-order valence-electron chi connectivity index (χ0n) is 13.2. The van der Waals surface area contributed by atoms with Crippen LogP contribution in [0.3, 0.4) is 0 Å². The standard InChI is InChI=1S/C15H26N4O2/c1-4-13-12(14(5-2)21-19-13)10-18-15(16-3)17-9-11-7-6-8-20-11/h11H,4-10H2,1-3H3,(H2,16,17,18). The predicted octanol–water partition coefficient (Wildman–Crippen LogP) is 1.64. The first-order chi connectivity index (χ1) is 10.3. The molecule has 1 aromatic heterocycles. The highest BCUT2D eigenvalue weighted by Gasteiger charge is 2.16. The second-order valence-electron chi connectivity index (χ2n) is 5.18. The van der Waals surface area contributed by atoms with Gasteiger partial charge in [0.05, 0.1) is 11.8 Å². The summed E-state index contributed by atoms with van der Waals surface area (Å²) in [7, 11) is 1.78. The molecule has 0 bridgehead atoms. The third-order valence-corrected chi connectivity index (χ3v) is 3.78. The summed E-state index contributed by atoms with van der Waals surface area (Å²) in [5.74, 6) is 1.74. The Hall–Kier alpha value is -1.56. The van der Waals surface area contributed by atoms with Crippen molar-refractivity contribution < 1.29 is 9.26 Å². The quantitative estimate of drug-likeness (QED) is 0.616. The van der Waals surface area contributed by atoms with Crippen molar-refractivity contribution in [1.29, 1.82) is 0 Å². The van der Waals surface area contributed by atoms with E-state index in [4.69, 9.17) is 9.26 Å². The molecule has 1 aromatic rings. The lowest BCUT2D eigenvalue weighted by molar-refractivity contribution is 0.114. The molecule has 2 N–H and O–H groups in total. The smallest absolute Gasteiger partial charge is 0.191 e. The fourth-order valence-corrected chi connectivity index (χ4v) is 2.55. The summed E-state index contributed by atoms with van der Waals surface area (Å²) in [5, 5.41) is 10.8. The molecule has 1 saturated heterocycles. The minimum absolute atomic E-state index is 0.302. The van der Waals surface area contributed by atoms with Gasteiger partial charge in [-0.1, -0.05) is 19.0 Å². The van der Waals surface area contributed by atoms with E-state index in [1.54, 1.807) is 7.05 Å². The summed E-state index contributed by atoms with van der Waals surface area (Å²) in [6.45, 7) is 6.52. The van der Waals surface area contributed by atoms with E-state index in [0.717, 1.165) is 61.8 Å². The van der Waals surface area contributed by atoms with Gasteiger partial charge in [-0.05, 0) is 19.3 Å². The third kappa shape index (κ3) is 4.20. The molecule has 0 spiro atoms. The van der Waals surface area contributed by atoms with Gasteiger partial charge < -0.3 is 19.9 Å². The molecule has 1 aliphatic rings. The van der Waals surface area contributed by atoms with Crippen molar-refractivity contribution in [3.8, 4) is 0 Å². The second-order valence-corrected chi connectivity index (χ2v) is 5.18. The Morgan fingerprint density at radius 3 is 2.81 bits per heavy atom. The number of aliphatic imine (C=N–C) groups is 1. The first-order valence-electron chi connectivity index (χ1n) is 7.80. The van der Waals surface area contributed by atoms with Crippen LogP contribution in [0.4, 0.5) is 0 Å². The molecule has 0 saturated carbocycles. The van der Waals surface area contributed by atoms with Crippen molar-refractivity contribution in [3.63, 3.8) is 0 Å². The molecule has 1 atom stereocenters.